The highest BCUT2D eigenvalue weighted by atomic mass is 32.1. The monoisotopic (exact) mass is 846 g/mol. The number of ether oxygens (including phenoxy) is 1. The van der Waals surface area contributed by atoms with Crippen LogP contribution in [0.5, 0.6) is 0 Å². The van der Waals surface area contributed by atoms with E-state index in [1.54, 1.807) is 51.9 Å². The van der Waals surface area contributed by atoms with Gasteiger partial charge in [0.05, 0.1) is 38.9 Å². The number of thiophene rings is 2. The molecule has 0 saturated carbocycles. The average Bonchev–Trinajstić information content (AvgIpc) is 4.04. The Labute approximate surface area is 347 Å². The van der Waals surface area contributed by atoms with Crippen molar-refractivity contribution >= 4 is 80.2 Å². The number of amides is 1. The first-order valence-electron chi connectivity index (χ1n) is 18.5. The number of nitrogens with one attached hydrogen (secondary N) is 1. The SMILES string of the molecule is CC(C)(C)OC1CCN(c2ncccc2N)CC1.O=C(Nc1cccnc1N1CCC(O)CC1)c1csc(-c2cccs2)n1.O=C(O)c1csc(-c2cccs2)n1. The molecule has 5 N–H and O–H groups in total. The highest BCUT2D eigenvalue weighted by Crippen LogP contribution is 2.31. The summed E-state index contributed by atoms with van der Waals surface area (Å²) in [5, 5.41) is 30.2. The zero-order valence-corrected chi connectivity index (χ0v) is 35.2. The van der Waals surface area contributed by atoms with Gasteiger partial charge in [-0.1, -0.05) is 12.1 Å². The number of pyridine rings is 2. The predicted octanol–water partition coefficient (Wildman–Crippen LogP) is 8.50. The van der Waals surface area contributed by atoms with Crippen LogP contribution >= 0.6 is 45.3 Å². The summed E-state index contributed by atoms with van der Waals surface area (Å²) in [7, 11) is 0. The van der Waals surface area contributed by atoms with E-state index in [4.69, 9.17) is 15.6 Å². The first-order valence-corrected chi connectivity index (χ1v) is 22.0. The Hall–Kier alpha value is -4.78. The zero-order chi connectivity index (χ0) is 40.4. The maximum atomic E-state index is 12.6. The smallest absolute Gasteiger partial charge is 0.355 e. The molecular weight excluding hydrogens is 801 g/mol. The largest absolute Gasteiger partial charge is 0.476 e. The summed E-state index contributed by atoms with van der Waals surface area (Å²) in [6, 6.07) is 15.2. The van der Waals surface area contributed by atoms with Gasteiger partial charge in [0.1, 0.15) is 15.7 Å². The molecule has 300 valence electrons. The number of thiazole rings is 2. The van der Waals surface area contributed by atoms with Gasteiger partial charge in [0.15, 0.2) is 17.3 Å². The number of hydrogen-bond donors (Lipinski definition) is 4. The molecule has 6 aromatic heterocycles. The summed E-state index contributed by atoms with van der Waals surface area (Å²) in [5.74, 6) is 0.433. The van der Waals surface area contributed by atoms with Gasteiger partial charge in [-0.25, -0.2) is 24.7 Å². The van der Waals surface area contributed by atoms with Crippen LogP contribution in [0.2, 0.25) is 0 Å². The van der Waals surface area contributed by atoms with Crippen molar-refractivity contribution in [2.45, 2.75) is 64.3 Å². The Morgan fingerprint density at radius 3 is 1.86 bits per heavy atom. The number of nitrogens with zero attached hydrogens (tertiary/aromatic N) is 6. The highest BCUT2D eigenvalue weighted by molar-refractivity contribution is 7.20. The van der Waals surface area contributed by atoms with Gasteiger partial charge in [-0.05, 0) is 93.6 Å². The van der Waals surface area contributed by atoms with Gasteiger partial charge in [0.2, 0.25) is 0 Å². The number of piperidine rings is 2. The fraction of sp³-hybridized carbons (Fsp3) is 0.350. The first-order chi connectivity index (χ1) is 27.4. The molecule has 0 spiro atoms. The molecule has 0 unspecified atom stereocenters. The molecule has 2 saturated heterocycles. The normalized spacial score (nSPS) is 14.9. The van der Waals surface area contributed by atoms with Crippen LogP contribution in [0.1, 0.15) is 67.4 Å². The number of aliphatic hydroxyl groups is 1. The minimum Gasteiger partial charge on any atom is -0.476 e. The number of carbonyl (C=O) groups is 2. The van der Waals surface area contributed by atoms with E-state index in [1.165, 1.54) is 22.7 Å². The van der Waals surface area contributed by atoms with Crippen molar-refractivity contribution in [1.29, 1.82) is 0 Å². The molecule has 8 heterocycles. The van der Waals surface area contributed by atoms with Crippen molar-refractivity contribution < 1.29 is 24.5 Å². The van der Waals surface area contributed by atoms with E-state index in [0.717, 1.165) is 76.1 Å². The standard InChI is InChI=1S/C18H18N4O2S2.C14H23N3O.C8H5NO2S2/c23-12-5-8-22(9-6-12)16-13(3-1-7-19-16)20-17(24)14-11-26-18(21-14)15-4-2-10-25-15;1-14(2,3)18-11-6-9-17(10-7-11)13-12(15)5-4-8-16-13;10-8(11)5-4-13-7(9-5)6-2-1-3-12-6/h1-4,7,10-12,23H,5-6,8-9H2,(H,20,24);4-5,8,11H,6-7,9-10,15H2,1-3H3;1-4H,(H,10,11). The molecule has 2 fully saturated rings. The van der Waals surface area contributed by atoms with Gasteiger partial charge in [-0.3, -0.25) is 4.79 Å². The molecule has 17 heteroatoms. The molecule has 1 amide bonds. The topological polar surface area (TPSA) is 180 Å². The van der Waals surface area contributed by atoms with Gasteiger partial charge in [0, 0.05) is 49.3 Å². The van der Waals surface area contributed by atoms with Crippen molar-refractivity contribution in [1.82, 2.24) is 19.9 Å². The number of nitrogens with two attached hydrogens (primary N) is 1. The van der Waals surface area contributed by atoms with Crippen molar-refractivity contribution in [3.63, 3.8) is 0 Å². The molecule has 6 aromatic rings. The summed E-state index contributed by atoms with van der Waals surface area (Å²) in [5.41, 5.74) is 7.84. The molecule has 8 rings (SSSR count). The Morgan fingerprint density at radius 1 is 0.772 bits per heavy atom. The van der Waals surface area contributed by atoms with Crippen LogP contribution < -0.4 is 20.9 Å². The molecule has 57 heavy (non-hydrogen) atoms. The molecule has 0 aliphatic carbocycles. The van der Waals surface area contributed by atoms with Crippen LogP contribution in [0.15, 0.2) is 82.4 Å². The number of carboxylic acids is 1. The van der Waals surface area contributed by atoms with Crippen LogP contribution in [-0.4, -0.2) is 86.0 Å². The van der Waals surface area contributed by atoms with Crippen LogP contribution in [0.4, 0.5) is 23.0 Å². The van der Waals surface area contributed by atoms with Crippen LogP contribution in [0.3, 0.4) is 0 Å². The van der Waals surface area contributed by atoms with E-state index in [1.807, 2.05) is 53.2 Å². The van der Waals surface area contributed by atoms with Crippen molar-refractivity contribution in [2.24, 2.45) is 0 Å². The third-order valence-corrected chi connectivity index (χ3v) is 12.6. The van der Waals surface area contributed by atoms with Crippen molar-refractivity contribution in [2.75, 3.05) is 47.0 Å². The van der Waals surface area contributed by atoms with Crippen molar-refractivity contribution in [3.8, 4) is 19.8 Å². The van der Waals surface area contributed by atoms with Gasteiger partial charge in [0.25, 0.3) is 5.91 Å². The quantitative estimate of drug-likeness (QED) is 0.115. The van der Waals surface area contributed by atoms with Gasteiger partial charge in [-0.15, -0.1) is 45.3 Å². The lowest BCUT2D eigenvalue weighted by Crippen LogP contribution is -2.40. The second kappa shape index (κ2) is 19.6. The molecule has 2 aliphatic rings. The van der Waals surface area contributed by atoms with Crippen LogP contribution in [0.25, 0.3) is 19.8 Å². The lowest BCUT2D eigenvalue weighted by atomic mass is 10.1. The summed E-state index contributed by atoms with van der Waals surface area (Å²) >= 11 is 5.98. The average molecular weight is 847 g/mol. The number of rotatable bonds is 8. The minimum absolute atomic E-state index is 0.0587. The van der Waals surface area contributed by atoms with Crippen LogP contribution in [-0.2, 0) is 4.74 Å². The van der Waals surface area contributed by atoms with E-state index in [-0.39, 0.29) is 23.3 Å². The summed E-state index contributed by atoms with van der Waals surface area (Å²) in [6.07, 6.45) is 7.10. The molecule has 2 aliphatic heterocycles. The fourth-order valence-corrected chi connectivity index (χ4v) is 9.37. The predicted molar refractivity (Wildman–Crippen MR) is 232 cm³/mol. The molecule has 0 radical (unpaired) electrons. The van der Waals surface area contributed by atoms with Gasteiger partial charge >= 0.3 is 5.97 Å². The Morgan fingerprint density at radius 2 is 1.32 bits per heavy atom. The second-order valence-electron chi connectivity index (χ2n) is 14.2. The number of carbonyl (C=O) groups excluding carboxylic acids is 1. The fourth-order valence-electron chi connectivity index (χ4n) is 6.15. The highest BCUT2D eigenvalue weighted by Gasteiger charge is 2.26. The molecule has 13 nitrogen and oxygen atoms in total. The number of hydrogen-bond acceptors (Lipinski definition) is 15. The molecule has 0 bridgehead atoms. The van der Waals surface area contributed by atoms with Crippen molar-refractivity contribution in [3.05, 3.63) is 93.8 Å². The number of aromatic carboxylic acids is 1. The number of aromatic nitrogens is 4. The Bertz CT molecular complexity index is 2170. The van der Waals surface area contributed by atoms with Gasteiger partial charge < -0.3 is 35.8 Å². The number of nitrogen functional groups attached to an aromatic ring is 1. The lowest BCUT2D eigenvalue weighted by molar-refractivity contribution is -0.0683. The van der Waals surface area contributed by atoms with E-state index in [2.05, 4.69) is 55.8 Å². The Balaban J connectivity index is 0.000000154. The van der Waals surface area contributed by atoms with Crippen LogP contribution in [0, 0.1) is 0 Å². The minimum atomic E-state index is -0.973. The second-order valence-corrected chi connectivity index (χ2v) is 17.8. The number of aliphatic hydroxyl groups excluding tert-OH is 1. The maximum Gasteiger partial charge on any atom is 0.355 e. The maximum absolute atomic E-state index is 12.6. The third-order valence-electron chi connectivity index (χ3n) is 8.80. The molecule has 0 aromatic carbocycles. The van der Waals surface area contributed by atoms with E-state index < -0.39 is 5.97 Å². The Kier molecular flexibility index (Phi) is 14.4. The lowest BCUT2D eigenvalue weighted by Gasteiger charge is -2.36. The van der Waals surface area contributed by atoms with E-state index in [9.17, 15) is 14.7 Å². The van der Waals surface area contributed by atoms with E-state index >= 15 is 0 Å². The number of anilines is 4. The third kappa shape index (κ3) is 11.9. The van der Waals surface area contributed by atoms with Gasteiger partial charge in [-0.2, -0.15) is 0 Å². The number of carboxylic acid groups (broad SMARTS) is 1. The molecule has 0 atom stereocenters. The molecular formula is C40H46N8O5S4. The summed E-state index contributed by atoms with van der Waals surface area (Å²) < 4.78 is 6.01. The zero-order valence-electron chi connectivity index (χ0n) is 31.9. The first kappa shape index (κ1) is 41.8. The summed E-state index contributed by atoms with van der Waals surface area (Å²) in [4.78, 5) is 46.8. The summed E-state index contributed by atoms with van der Waals surface area (Å²) in [6.45, 7) is 9.69. The van der Waals surface area contributed by atoms with E-state index in [0.29, 0.717) is 30.3 Å².